The molecule has 0 radical (unpaired) electrons. The van der Waals surface area contributed by atoms with Crippen molar-refractivity contribution in [3.63, 3.8) is 0 Å². The van der Waals surface area contributed by atoms with Gasteiger partial charge in [0.15, 0.2) is 11.4 Å². The van der Waals surface area contributed by atoms with Crippen LogP contribution in [0.2, 0.25) is 0 Å². The average molecular weight is 213 g/mol. The summed E-state index contributed by atoms with van der Waals surface area (Å²) in [4.78, 5) is 26.8. The van der Waals surface area contributed by atoms with Crippen LogP contribution < -0.4 is 0 Å². The lowest BCUT2D eigenvalue weighted by Crippen LogP contribution is -2.66. The number of rotatable bonds is 2. The van der Waals surface area contributed by atoms with Gasteiger partial charge < -0.3 is 0 Å². The number of hydrogen-bond acceptors (Lipinski definition) is 4. The summed E-state index contributed by atoms with van der Waals surface area (Å²) in [6.07, 6.45) is 1.27. The minimum Gasteiger partial charge on any atom is -0.299 e. The molecule has 0 heterocycles. The van der Waals surface area contributed by atoms with Crippen molar-refractivity contribution in [2.45, 2.75) is 39.2 Å². The maximum atomic E-state index is 11.8. The zero-order chi connectivity index (χ0) is 11.4. The van der Waals surface area contributed by atoms with Crippen LogP contribution in [-0.4, -0.2) is 16.5 Å². The van der Waals surface area contributed by atoms with E-state index < -0.39 is 10.7 Å². The number of ketones is 1. The molecule has 3 unspecified atom stereocenters. The number of carbonyl (C=O) groups is 1. The Balaban J connectivity index is 2.29. The van der Waals surface area contributed by atoms with E-state index in [0.717, 1.165) is 6.42 Å². The quantitative estimate of drug-likeness (QED) is 0.516. The highest BCUT2D eigenvalue weighted by atomic mass is 17.0. The Hall–Kier alpha value is -1.13. The Kier molecular flexibility index (Phi) is 1.88. The van der Waals surface area contributed by atoms with Gasteiger partial charge in [0, 0.05) is 12.3 Å². The summed E-state index contributed by atoms with van der Waals surface area (Å²) in [5.41, 5.74) is -1.24. The molecule has 0 amide bonds. The van der Waals surface area contributed by atoms with E-state index in [9.17, 15) is 14.9 Å². The van der Waals surface area contributed by atoms with Crippen molar-refractivity contribution >= 4 is 5.78 Å². The van der Waals surface area contributed by atoms with Gasteiger partial charge in [-0.25, -0.2) is 0 Å². The number of nitrogens with zero attached hydrogens (tertiary/aromatic N) is 1. The van der Waals surface area contributed by atoms with Gasteiger partial charge in [-0.05, 0) is 24.7 Å². The standard InChI is InChI=1S/C10H15NO4/c1-9(2)6-4-7(9)10(3,8(12)5-6)15-11(13)14/h6-7H,4-5H2,1-3H3. The third kappa shape index (κ3) is 1.18. The van der Waals surface area contributed by atoms with E-state index in [4.69, 9.17) is 0 Å². The molecule has 3 aliphatic carbocycles. The Morgan fingerprint density at radius 2 is 2.07 bits per heavy atom. The Labute approximate surface area is 87.9 Å². The molecular formula is C10H15NO4. The lowest BCUT2D eigenvalue weighted by Gasteiger charge is -2.61. The lowest BCUT2D eigenvalue weighted by molar-refractivity contribution is -0.780. The summed E-state index contributed by atoms with van der Waals surface area (Å²) in [7, 11) is 0. The molecule has 3 fully saturated rings. The highest BCUT2D eigenvalue weighted by Crippen LogP contribution is 2.62. The highest BCUT2D eigenvalue weighted by Gasteiger charge is 2.65. The first-order chi connectivity index (χ1) is 6.78. The van der Waals surface area contributed by atoms with E-state index in [1.54, 1.807) is 6.92 Å². The van der Waals surface area contributed by atoms with Crippen molar-refractivity contribution < 1.29 is 14.7 Å². The van der Waals surface area contributed by atoms with Crippen LogP contribution in [0.3, 0.4) is 0 Å². The van der Waals surface area contributed by atoms with Gasteiger partial charge in [-0.3, -0.25) is 9.63 Å². The van der Waals surface area contributed by atoms with Crippen molar-refractivity contribution in [2.75, 3.05) is 0 Å². The van der Waals surface area contributed by atoms with Crippen LogP contribution in [0, 0.1) is 27.4 Å². The highest BCUT2D eigenvalue weighted by molar-refractivity contribution is 5.89. The van der Waals surface area contributed by atoms with Crippen molar-refractivity contribution in [3.05, 3.63) is 10.1 Å². The van der Waals surface area contributed by atoms with E-state index in [1.165, 1.54) is 0 Å². The van der Waals surface area contributed by atoms with Gasteiger partial charge in [0.2, 0.25) is 0 Å². The first kappa shape index (κ1) is 10.4. The van der Waals surface area contributed by atoms with Crippen LogP contribution >= 0.6 is 0 Å². The van der Waals surface area contributed by atoms with E-state index in [-0.39, 0.29) is 17.1 Å². The maximum Gasteiger partial charge on any atom is 0.295 e. The van der Waals surface area contributed by atoms with Gasteiger partial charge in [0.1, 0.15) is 0 Å². The molecule has 0 saturated heterocycles. The fourth-order valence-electron chi connectivity index (χ4n) is 3.19. The van der Waals surface area contributed by atoms with Crippen molar-refractivity contribution in [3.8, 4) is 0 Å². The zero-order valence-corrected chi connectivity index (χ0v) is 9.15. The molecule has 0 aromatic rings. The molecule has 15 heavy (non-hydrogen) atoms. The lowest BCUT2D eigenvalue weighted by atomic mass is 9.44. The maximum absolute atomic E-state index is 11.8. The third-order valence-corrected chi connectivity index (χ3v) is 4.39. The van der Waals surface area contributed by atoms with Crippen LogP contribution in [0.15, 0.2) is 0 Å². The predicted molar refractivity (Wildman–Crippen MR) is 51.5 cm³/mol. The van der Waals surface area contributed by atoms with E-state index in [2.05, 4.69) is 18.7 Å². The first-order valence-corrected chi connectivity index (χ1v) is 5.15. The topological polar surface area (TPSA) is 69.4 Å². The molecule has 5 nitrogen and oxygen atoms in total. The second kappa shape index (κ2) is 2.71. The summed E-state index contributed by atoms with van der Waals surface area (Å²) >= 11 is 0. The molecule has 3 rings (SSSR count). The molecule has 3 atom stereocenters. The van der Waals surface area contributed by atoms with Crippen LogP contribution in [0.1, 0.15) is 33.6 Å². The molecule has 2 bridgehead atoms. The van der Waals surface area contributed by atoms with Gasteiger partial charge in [-0.2, -0.15) is 0 Å². The van der Waals surface area contributed by atoms with E-state index in [0.29, 0.717) is 12.3 Å². The molecule has 0 spiro atoms. The fraction of sp³-hybridized carbons (Fsp3) is 0.900. The zero-order valence-electron chi connectivity index (χ0n) is 9.15. The molecule has 0 aliphatic heterocycles. The van der Waals surface area contributed by atoms with Gasteiger partial charge in [0.05, 0.1) is 0 Å². The third-order valence-electron chi connectivity index (χ3n) is 4.39. The fourth-order valence-corrected chi connectivity index (χ4v) is 3.19. The minimum atomic E-state index is -1.22. The Morgan fingerprint density at radius 1 is 1.47 bits per heavy atom. The SMILES string of the molecule is CC1(O[N+](=O)[O-])C(=O)CC2CC1C2(C)C. The van der Waals surface area contributed by atoms with Crippen molar-refractivity contribution in [1.29, 1.82) is 0 Å². The molecule has 5 heteroatoms. The summed E-state index contributed by atoms with van der Waals surface area (Å²) < 4.78 is 0. The van der Waals surface area contributed by atoms with Crippen LogP contribution in [-0.2, 0) is 9.63 Å². The molecule has 3 aliphatic rings. The smallest absolute Gasteiger partial charge is 0.295 e. The van der Waals surface area contributed by atoms with Crippen molar-refractivity contribution in [1.82, 2.24) is 0 Å². The number of hydrogen-bond donors (Lipinski definition) is 0. The summed E-state index contributed by atoms with van der Waals surface area (Å²) in [6.45, 7) is 5.67. The monoisotopic (exact) mass is 213 g/mol. The normalized spacial score (nSPS) is 41.9. The summed E-state index contributed by atoms with van der Waals surface area (Å²) in [5.74, 6) is 0.222. The van der Waals surface area contributed by atoms with Crippen LogP contribution in [0.25, 0.3) is 0 Å². The summed E-state index contributed by atoms with van der Waals surface area (Å²) in [6, 6.07) is 0. The minimum absolute atomic E-state index is 0.0152. The molecule has 3 saturated carbocycles. The van der Waals surface area contributed by atoms with Gasteiger partial charge >= 0.3 is 0 Å². The Morgan fingerprint density at radius 3 is 2.53 bits per heavy atom. The number of carbonyl (C=O) groups excluding carboxylic acids is 1. The summed E-state index contributed by atoms with van der Waals surface area (Å²) in [5, 5.41) is 9.58. The predicted octanol–water partition coefficient (Wildman–Crippen LogP) is 1.59. The van der Waals surface area contributed by atoms with Crippen LogP contribution in [0.5, 0.6) is 0 Å². The Bertz CT molecular complexity index is 338. The molecule has 0 N–H and O–H groups in total. The second-order valence-corrected chi connectivity index (χ2v) is 5.36. The second-order valence-electron chi connectivity index (χ2n) is 5.36. The van der Waals surface area contributed by atoms with Crippen LogP contribution in [0.4, 0.5) is 0 Å². The molecule has 84 valence electrons. The van der Waals surface area contributed by atoms with Gasteiger partial charge in [-0.1, -0.05) is 13.8 Å². The molecule has 0 aromatic carbocycles. The van der Waals surface area contributed by atoms with Gasteiger partial charge in [0.25, 0.3) is 5.09 Å². The number of fused-ring (bicyclic) bond motifs is 2. The average Bonchev–Trinajstić information content (AvgIpc) is 2.07. The van der Waals surface area contributed by atoms with E-state index >= 15 is 0 Å². The molecule has 0 aromatic heterocycles. The number of Topliss-reactive ketones (excluding diaryl/α,β-unsaturated/α-hetero) is 1. The van der Waals surface area contributed by atoms with Gasteiger partial charge in [-0.15, -0.1) is 10.1 Å². The van der Waals surface area contributed by atoms with E-state index in [1.807, 2.05) is 0 Å². The first-order valence-electron chi connectivity index (χ1n) is 5.15. The van der Waals surface area contributed by atoms with Crippen molar-refractivity contribution in [2.24, 2.45) is 17.3 Å². The molecular weight excluding hydrogens is 198 g/mol. The largest absolute Gasteiger partial charge is 0.299 e.